The van der Waals surface area contributed by atoms with Gasteiger partial charge in [-0.15, -0.1) is 24.0 Å². The summed E-state index contributed by atoms with van der Waals surface area (Å²) in [7, 11) is 0. The van der Waals surface area contributed by atoms with Gasteiger partial charge in [-0.2, -0.15) is 0 Å². The molecule has 1 amide bonds. The Morgan fingerprint density at radius 1 is 1.14 bits per heavy atom. The second-order valence-corrected chi connectivity index (χ2v) is 8.59. The second kappa shape index (κ2) is 13.5. The number of guanidine groups is 1. The van der Waals surface area contributed by atoms with Crippen molar-refractivity contribution >= 4 is 36.0 Å². The van der Waals surface area contributed by atoms with Crippen LogP contribution < -0.4 is 10.6 Å². The van der Waals surface area contributed by atoms with Crippen LogP contribution in [0.25, 0.3) is 0 Å². The highest BCUT2D eigenvalue weighted by molar-refractivity contribution is 14.0. The fraction of sp³-hybridized carbons (Fsp3) is 0.900. The van der Waals surface area contributed by atoms with E-state index in [1.807, 2.05) is 34.6 Å². The van der Waals surface area contributed by atoms with Gasteiger partial charge in [-0.25, -0.2) is 4.79 Å². The van der Waals surface area contributed by atoms with Crippen molar-refractivity contribution in [3.8, 4) is 0 Å². The third-order valence-corrected chi connectivity index (χ3v) is 4.54. The van der Waals surface area contributed by atoms with E-state index >= 15 is 0 Å². The van der Waals surface area contributed by atoms with E-state index in [2.05, 4.69) is 29.4 Å². The van der Waals surface area contributed by atoms with Crippen molar-refractivity contribution in [3.63, 3.8) is 0 Å². The molecule has 29 heavy (non-hydrogen) atoms. The number of carbonyl (C=O) groups excluding carboxylic acids is 1. The molecule has 1 heterocycles. The highest BCUT2D eigenvalue weighted by Crippen LogP contribution is 2.16. The number of hydrogen-bond acceptors (Lipinski definition) is 5. The zero-order valence-electron chi connectivity index (χ0n) is 19.3. The topological polar surface area (TPSA) is 78.4 Å². The summed E-state index contributed by atoms with van der Waals surface area (Å²) in [6, 6.07) is 0. The SMILES string of the molecule is CCNC(=NCC(C)(C)N1CCOCC1)NCCN(CC)C(=O)OC(C)(C)C.I. The summed E-state index contributed by atoms with van der Waals surface area (Å²) < 4.78 is 10.9. The zero-order valence-corrected chi connectivity index (χ0v) is 21.7. The summed E-state index contributed by atoms with van der Waals surface area (Å²) in [4.78, 5) is 21.1. The number of aliphatic imine (C=N–C) groups is 1. The smallest absolute Gasteiger partial charge is 0.410 e. The lowest BCUT2D eigenvalue weighted by atomic mass is 10.0. The average molecular weight is 527 g/mol. The van der Waals surface area contributed by atoms with Gasteiger partial charge in [-0.1, -0.05) is 0 Å². The van der Waals surface area contributed by atoms with Crippen LogP contribution in [0.4, 0.5) is 4.79 Å². The Kier molecular flexibility index (Phi) is 13.1. The molecule has 0 spiro atoms. The summed E-state index contributed by atoms with van der Waals surface area (Å²) >= 11 is 0. The van der Waals surface area contributed by atoms with Crippen LogP contribution in [-0.2, 0) is 9.47 Å². The Hall–Kier alpha value is -0.810. The van der Waals surface area contributed by atoms with Gasteiger partial charge in [0.1, 0.15) is 5.60 Å². The molecule has 0 aromatic rings. The number of rotatable bonds is 8. The number of amides is 1. The molecule has 0 radical (unpaired) electrons. The lowest BCUT2D eigenvalue weighted by molar-refractivity contribution is -0.00684. The quantitative estimate of drug-likeness (QED) is 0.287. The predicted octanol–water partition coefficient (Wildman–Crippen LogP) is 2.53. The third-order valence-electron chi connectivity index (χ3n) is 4.54. The molecule has 1 aliphatic heterocycles. The molecule has 0 saturated carbocycles. The van der Waals surface area contributed by atoms with Crippen molar-refractivity contribution in [1.29, 1.82) is 0 Å². The molecule has 8 nitrogen and oxygen atoms in total. The van der Waals surface area contributed by atoms with Crippen LogP contribution in [-0.4, -0.2) is 92.0 Å². The summed E-state index contributed by atoms with van der Waals surface area (Å²) in [5, 5.41) is 6.60. The summed E-state index contributed by atoms with van der Waals surface area (Å²) in [5.41, 5.74) is -0.516. The first-order valence-electron chi connectivity index (χ1n) is 10.4. The standard InChI is InChI=1S/C20H41N5O3.HI/c1-8-21-17(23-16-20(6,7)25-12-14-27-15-13-25)22-10-11-24(9-2)18(26)28-19(3,4)5;/h8-16H2,1-7H3,(H2,21,22,23);1H. The molecule has 0 aliphatic carbocycles. The first-order chi connectivity index (χ1) is 13.1. The van der Waals surface area contributed by atoms with Gasteiger partial charge in [0.05, 0.1) is 19.8 Å². The lowest BCUT2D eigenvalue weighted by Crippen LogP contribution is -2.52. The molecule has 9 heteroatoms. The first-order valence-corrected chi connectivity index (χ1v) is 10.4. The average Bonchev–Trinajstić information content (AvgIpc) is 2.62. The van der Waals surface area contributed by atoms with Crippen molar-refractivity contribution < 1.29 is 14.3 Å². The van der Waals surface area contributed by atoms with E-state index in [0.29, 0.717) is 26.2 Å². The molecule has 0 aromatic carbocycles. The fourth-order valence-electron chi connectivity index (χ4n) is 2.90. The highest BCUT2D eigenvalue weighted by atomic mass is 127. The maximum Gasteiger partial charge on any atom is 0.410 e. The van der Waals surface area contributed by atoms with Crippen LogP contribution >= 0.6 is 24.0 Å². The number of likely N-dealkylation sites (N-methyl/N-ethyl adjacent to an activating group) is 1. The number of nitrogens with one attached hydrogen (secondary N) is 2. The number of hydrogen-bond donors (Lipinski definition) is 2. The monoisotopic (exact) mass is 527 g/mol. The van der Waals surface area contributed by atoms with Crippen LogP contribution in [0.15, 0.2) is 4.99 Å². The molecule has 1 rings (SSSR count). The maximum absolute atomic E-state index is 12.2. The van der Waals surface area contributed by atoms with E-state index in [9.17, 15) is 4.79 Å². The molecule has 1 aliphatic rings. The first kappa shape index (κ1) is 28.2. The van der Waals surface area contributed by atoms with Crippen molar-refractivity contribution in [3.05, 3.63) is 0 Å². The molecule has 0 aromatic heterocycles. The Morgan fingerprint density at radius 2 is 1.76 bits per heavy atom. The minimum Gasteiger partial charge on any atom is -0.444 e. The Morgan fingerprint density at radius 3 is 2.28 bits per heavy atom. The van der Waals surface area contributed by atoms with Gasteiger partial charge in [0.25, 0.3) is 0 Å². The largest absolute Gasteiger partial charge is 0.444 e. The molecular weight excluding hydrogens is 485 g/mol. The van der Waals surface area contributed by atoms with E-state index in [-0.39, 0.29) is 35.6 Å². The van der Waals surface area contributed by atoms with Gasteiger partial charge in [-0.3, -0.25) is 9.89 Å². The van der Waals surface area contributed by atoms with Gasteiger partial charge in [-0.05, 0) is 48.5 Å². The minimum absolute atomic E-state index is 0. The fourth-order valence-corrected chi connectivity index (χ4v) is 2.90. The molecule has 0 unspecified atom stereocenters. The van der Waals surface area contributed by atoms with Gasteiger partial charge < -0.3 is 25.0 Å². The lowest BCUT2D eigenvalue weighted by Gasteiger charge is -2.39. The number of ether oxygens (including phenoxy) is 2. The molecular formula is C20H42IN5O3. The number of morpholine rings is 1. The van der Waals surface area contributed by atoms with Crippen LogP contribution in [0, 0.1) is 0 Å². The van der Waals surface area contributed by atoms with E-state index in [1.165, 1.54) is 0 Å². The Bertz CT molecular complexity index is 503. The van der Waals surface area contributed by atoms with E-state index < -0.39 is 5.60 Å². The molecule has 1 saturated heterocycles. The number of halogens is 1. The van der Waals surface area contributed by atoms with Crippen LogP contribution in [0.3, 0.4) is 0 Å². The van der Waals surface area contributed by atoms with Crippen molar-refractivity contribution in [2.24, 2.45) is 4.99 Å². The van der Waals surface area contributed by atoms with Gasteiger partial charge in [0.15, 0.2) is 5.96 Å². The third kappa shape index (κ3) is 11.2. The normalized spacial score (nSPS) is 16.0. The highest BCUT2D eigenvalue weighted by Gasteiger charge is 2.28. The van der Waals surface area contributed by atoms with Gasteiger partial charge >= 0.3 is 6.09 Å². The molecule has 0 atom stereocenters. The maximum atomic E-state index is 12.2. The summed E-state index contributed by atoms with van der Waals surface area (Å²) in [6.07, 6.45) is -0.285. The molecule has 172 valence electrons. The van der Waals surface area contributed by atoms with Gasteiger partial charge in [0, 0.05) is 44.8 Å². The van der Waals surface area contributed by atoms with E-state index in [4.69, 9.17) is 14.5 Å². The van der Waals surface area contributed by atoms with Crippen molar-refractivity contribution in [2.75, 3.05) is 59.0 Å². The summed E-state index contributed by atoms with van der Waals surface area (Å²) in [6.45, 7) is 20.7. The van der Waals surface area contributed by atoms with Crippen LogP contribution in [0.1, 0.15) is 48.5 Å². The Balaban J connectivity index is 0.00000784. The number of nitrogens with zero attached hydrogens (tertiary/aromatic N) is 3. The van der Waals surface area contributed by atoms with Crippen molar-refractivity contribution in [1.82, 2.24) is 20.4 Å². The minimum atomic E-state index is -0.487. The van der Waals surface area contributed by atoms with E-state index in [0.717, 1.165) is 38.8 Å². The summed E-state index contributed by atoms with van der Waals surface area (Å²) in [5.74, 6) is 0.768. The molecule has 2 N–H and O–H groups in total. The predicted molar refractivity (Wildman–Crippen MR) is 129 cm³/mol. The number of carbonyl (C=O) groups is 1. The zero-order chi connectivity index (χ0) is 21.2. The Labute approximate surface area is 194 Å². The van der Waals surface area contributed by atoms with Crippen LogP contribution in [0.5, 0.6) is 0 Å². The molecule has 0 bridgehead atoms. The molecule has 1 fully saturated rings. The van der Waals surface area contributed by atoms with Gasteiger partial charge in [0.2, 0.25) is 0 Å². The van der Waals surface area contributed by atoms with Crippen LogP contribution in [0.2, 0.25) is 0 Å². The second-order valence-electron chi connectivity index (χ2n) is 8.59. The van der Waals surface area contributed by atoms with Crippen molar-refractivity contribution in [2.45, 2.75) is 59.6 Å². The van der Waals surface area contributed by atoms with E-state index in [1.54, 1.807) is 4.90 Å².